The molecule has 0 bridgehead atoms. The molecule has 0 aromatic carbocycles. The standard InChI is InChI=1S/C8H17NO2S/c1-6(2)12-5-7(4-9)3-8(10)11/h6-7H,3-5,9H2,1-2H3,(H,10,11). The molecule has 0 spiro atoms. The van der Waals surface area contributed by atoms with Crippen molar-refractivity contribution < 1.29 is 9.90 Å². The molecule has 3 N–H and O–H groups in total. The second-order valence-electron chi connectivity index (χ2n) is 3.08. The third kappa shape index (κ3) is 6.49. The average molecular weight is 191 g/mol. The highest BCUT2D eigenvalue weighted by Crippen LogP contribution is 2.15. The zero-order chi connectivity index (χ0) is 9.56. The predicted octanol–water partition coefficient (Wildman–Crippen LogP) is 1.18. The second-order valence-corrected chi connectivity index (χ2v) is 4.69. The number of thioether (sulfide) groups is 1. The first kappa shape index (κ1) is 11.8. The maximum atomic E-state index is 10.3. The maximum absolute atomic E-state index is 10.3. The van der Waals surface area contributed by atoms with Gasteiger partial charge in [0.25, 0.3) is 0 Å². The molecule has 0 fully saturated rings. The van der Waals surface area contributed by atoms with E-state index in [1.165, 1.54) is 0 Å². The predicted molar refractivity (Wildman–Crippen MR) is 52.4 cm³/mol. The molecular formula is C8H17NO2S. The van der Waals surface area contributed by atoms with Gasteiger partial charge < -0.3 is 10.8 Å². The highest BCUT2D eigenvalue weighted by atomic mass is 32.2. The van der Waals surface area contributed by atoms with Crippen molar-refractivity contribution in [2.45, 2.75) is 25.5 Å². The summed E-state index contributed by atoms with van der Waals surface area (Å²) >= 11 is 1.76. The Kier molecular flexibility index (Phi) is 6.20. The minimum absolute atomic E-state index is 0.120. The third-order valence-electron chi connectivity index (χ3n) is 1.46. The van der Waals surface area contributed by atoms with Crippen LogP contribution in [0.15, 0.2) is 0 Å². The van der Waals surface area contributed by atoms with Gasteiger partial charge in [0.15, 0.2) is 0 Å². The first-order chi connectivity index (χ1) is 5.56. The lowest BCUT2D eigenvalue weighted by Crippen LogP contribution is -2.20. The molecule has 0 saturated carbocycles. The van der Waals surface area contributed by atoms with Gasteiger partial charge in [0.2, 0.25) is 0 Å². The molecular weight excluding hydrogens is 174 g/mol. The van der Waals surface area contributed by atoms with Crippen LogP contribution in [0, 0.1) is 5.92 Å². The van der Waals surface area contributed by atoms with E-state index in [2.05, 4.69) is 13.8 Å². The monoisotopic (exact) mass is 191 g/mol. The molecule has 0 aliphatic carbocycles. The van der Waals surface area contributed by atoms with Crippen LogP contribution >= 0.6 is 11.8 Å². The molecule has 1 unspecified atom stereocenters. The van der Waals surface area contributed by atoms with Crippen molar-refractivity contribution in [2.75, 3.05) is 12.3 Å². The van der Waals surface area contributed by atoms with Gasteiger partial charge in [-0.3, -0.25) is 4.79 Å². The molecule has 3 nitrogen and oxygen atoms in total. The lowest BCUT2D eigenvalue weighted by atomic mass is 10.1. The van der Waals surface area contributed by atoms with Crippen LogP contribution in [-0.2, 0) is 4.79 Å². The summed E-state index contributed by atoms with van der Waals surface area (Å²) in [5, 5.41) is 9.06. The summed E-state index contributed by atoms with van der Waals surface area (Å²) in [6.45, 7) is 4.66. The van der Waals surface area contributed by atoms with Gasteiger partial charge in [-0.1, -0.05) is 13.8 Å². The van der Waals surface area contributed by atoms with Gasteiger partial charge >= 0.3 is 5.97 Å². The highest BCUT2D eigenvalue weighted by molar-refractivity contribution is 7.99. The van der Waals surface area contributed by atoms with Crippen molar-refractivity contribution in [2.24, 2.45) is 11.7 Å². The zero-order valence-electron chi connectivity index (χ0n) is 7.62. The van der Waals surface area contributed by atoms with Crippen LogP contribution in [0.4, 0.5) is 0 Å². The van der Waals surface area contributed by atoms with Gasteiger partial charge in [0, 0.05) is 0 Å². The lowest BCUT2D eigenvalue weighted by Gasteiger charge is -2.12. The van der Waals surface area contributed by atoms with Crippen LogP contribution in [0.5, 0.6) is 0 Å². The third-order valence-corrected chi connectivity index (χ3v) is 2.79. The Morgan fingerprint density at radius 1 is 1.58 bits per heavy atom. The number of carbonyl (C=O) groups is 1. The van der Waals surface area contributed by atoms with Crippen molar-refractivity contribution in [3.05, 3.63) is 0 Å². The van der Waals surface area contributed by atoms with Gasteiger partial charge in [-0.15, -0.1) is 0 Å². The fourth-order valence-corrected chi connectivity index (χ4v) is 1.70. The van der Waals surface area contributed by atoms with E-state index < -0.39 is 5.97 Å². The van der Waals surface area contributed by atoms with Crippen LogP contribution in [0.25, 0.3) is 0 Å². The molecule has 72 valence electrons. The minimum atomic E-state index is -0.755. The average Bonchev–Trinajstić information content (AvgIpc) is 1.97. The molecule has 0 aromatic rings. The Morgan fingerprint density at radius 3 is 2.50 bits per heavy atom. The molecule has 12 heavy (non-hydrogen) atoms. The summed E-state index contributed by atoms with van der Waals surface area (Å²) in [4.78, 5) is 10.3. The number of carboxylic acid groups (broad SMARTS) is 1. The van der Waals surface area contributed by atoms with Crippen LogP contribution in [0.1, 0.15) is 20.3 Å². The van der Waals surface area contributed by atoms with E-state index in [9.17, 15) is 4.79 Å². The van der Waals surface area contributed by atoms with Crippen molar-refractivity contribution in [1.82, 2.24) is 0 Å². The van der Waals surface area contributed by atoms with Gasteiger partial charge in [-0.25, -0.2) is 0 Å². The van der Waals surface area contributed by atoms with Gasteiger partial charge in [0.05, 0.1) is 6.42 Å². The molecule has 0 aliphatic rings. The number of rotatable bonds is 6. The number of nitrogens with two attached hydrogens (primary N) is 1. The topological polar surface area (TPSA) is 63.3 Å². The normalized spacial score (nSPS) is 13.3. The molecule has 4 heteroatoms. The van der Waals surface area contributed by atoms with Crippen LogP contribution in [-0.4, -0.2) is 28.6 Å². The first-order valence-corrected chi connectivity index (χ1v) is 5.14. The molecule has 1 atom stereocenters. The minimum Gasteiger partial charge on any atom is -0.481 e. The molecule has 0 heterocycles. The van der Waals surface area contributed by atoms with E-state index in [-0.39, 0.29) is 12.3 Å². The van der Waals surface area contributed by atoms with E-state index in [1.807, 2.05) is 0 Å². The summed E-state index contributed by atoms with van der Waals surface area (Å²) in [5.74, 6) is 0.213. The van der Waals surface area contributed by atoms with Gasteiger partial charge in [-0.2, -0.15) is 11.8 Å². The Hall–Kier alpha value is -0.220. The highest BCUT2D eigenvalue weighted by Gasteiger charge is 2.11. The molecule has 0 rings (SSSR count). The molecule has 0 aromatic heterocycles. The molecule has 0 radical (unpaired) electrons. The van der Waals surface area contributed by atoms with Crippen molar-refractivity contribution in [3.63, 3.8) is 0 Å². The fourth-order valence-electron chi connectivity index (χ4n) is 0.786. The van der Waals surface area contributed by atoms with Crippen molar-refractivity contribution in [1.29, 1.82) is 0 Å². The maximum Gasteiger partial charge on any atom is 0.303 e. The largest absolute Gasteiger partial charge is 0.481 e. The number of hydrogen-bond donors (Lipinski definition) is 2. The first-order valence-electron chi connectivity index (χ1n) is 4.09. The van der Waals surface area contributed by atoms with Crippen LogP contribution < -0.4 is 5.73 Å². The fraction of sp³-hybridized carbons (Fsp3) is 0.875. The van der Waals surface area contributed by atoms with Crippen LogP contribution in [0.3, 0.4) is 0 Å². The summed E-state index contributed by atoms with van der Waals surface area (Å²) in [7, 11) is 0. The molecule has 0 aliphatic heterocycles. The Balaban J connectivity index is 3.60. The zero-order valence-corrected chi connectivity index (χ0v) is 8.43. The summed E-state index contributed by atoms with van der Waals surface area (Å²) in [6, 6.07) is 0. The summed E-state index contributed by atoms with van der Waals surface area (Å²) in [6.07, 6.45) is 0.191. The SMILES string of the molecule is CC(C)SCC(CN)CC(=O)O. The quantitative estimate of drug-likeness (QED) is 0.661. The smallest absolute Gasteiger partial charge is 0.303 e. The summed E-state index contributed by atoms with van der Waals surface area (Å²) in [5.41, 5.74) is 5.43. The Morgan fingerprint density at radius 2 is 2.17 bits per heavy atom. The summed E-state index contributed by atoms with van der Waals surface area (Å²) < 4.78 is 0. The number of aliphatic carboxylic acids is 1. The van der Waals surface area contributed by atoms with E-state index in [4.69, 9.17) is 10.8 Å². The van der Waals surface area contributed by atoms with Crippen molar-refractivity contribution in [3.8, 4) is 0 Å². The van der Waals surface area contributed by atoms with Gasteiger partial charge in [0.1, 0.15) is 0 Å². The van der Waals surface area contributed by atoms with Gasteiger partial charge in [-0.05, 0) is 23.5 Å². The lowest BCUT2D eigenvalue weighted by molar-refractivity contribution is -0.137. The van der Waals surface area contributed by atoms with Crippen LogP contribution in [0.2, 0.25) is 0 Å². The molecule has 0 amide bonds. The van der Waals surface area contributed by atoms with Crippen molar-refractivity contribution >= 4 is 17.7 Å². The Labute approximate surface area is 77.7 Å². The number of carboxylic acids is 1. The van der Waals surface area contributed by atoms with E-state index >= 15 is 0 Å². The van der Waals surface area contributed by atoms with E-state index in [0.29, 0.717) is 11.8 Å². The second kappa shape index (κ2) is 6.31. The molecule has 0 saturated heterocycles. The van der Waals surface area contributed by atoms with E-state index in [1.54, 1.807) is 11.8 Å². The Bertz CT molecular complexity index is 139. The number of hydrogen-bond acceptors (Lipinski definition) is 3. The van der Waals surface area contributed by atoms with E-state index in [0.717, 1.165) is 5.75 Å².